The Morgan fingerprint density at radius 1 is 0.840 bits per heavy atom. The van der Waals surface area contributed by atoms with Gasteiger partial charge in [0.1, 0.15) is 11.6 Å². The molecule has 2 aromatic carbocycles. The monoisotopic (exact) mass is 334 g/mol. The Morgan fingerprint density at radius 2 is 1.60 bits per heavy atom. The summed E-state index contributed by atoms with van der Waals surface area (Å²) in [6, 6.07) is 15.9. The average Bonchev–Trinajstić information content (AvgIpc) is 2.58. The third-order valence-electron chi connectivity index (χ3n) is 3.85. The highest BCUT2D eigenvalue weighted by atomic mass is 16.5. The fourth-order valence-electron chi connectivity index (χ4n) is 2.59. The molecule has 0 unspecified atom stereocenters. The van der Waals surface area contributed by atoms with Gasteiger partial charge in [0.15, 0.2) is 0 Å². The van der Waals surface area contributed by atoms with Gasteiger partial charge in [-0.25, -0.2) is 4.98 Å². The number of hydrogen-bond acceptors (Lipinski definition) is 5. The molecule has 0 fully saturated rings. The van der Waals surface area contributed by atoms with E-state index < -0.39 is 0 Å². The molecule has 3 aromatic rings. The third-order valence-corrected chi connectivity index (χ3v) is 3.85. The van der Waals surface area contributed by atoms with Gasteiger partial charge in [-0.15, -0.1) is 0 Å². The number of benzene rings is 2. The molecule has 0 aliphatic carbocycles. The molecule has 0 aliphatic rings. The standard InChI is InChI=1S/C20H22N4O/c1-13-5-10-18(14(2)11-13)23-20-21-15(3)12-19(24-20)22-16-6-8-17(25-4)9-7-16/h5-12H,1-4H3,(H2,21,22,23,24). The summed E-state index contributed by atoms with van der Waals surface area (Å²) >= 11 is 0. The molecule has 0 saturated heterocycles. The van der Waals surface area contributed by atoms with E-state index in [-0.39, 0.29) is 0 Å². The van der Waals surface area contributed by atoms with E-state index in [1.54, 1.807) is 7.11 Å². The molecule has 0 atom stereocenters. The lowest BCUT2D eigenvalue weighted by Gasteiger charge is -2.12. The van der Waals surface area contributed by atoms with Crippen LogP contribution < -0.4 is 15.4 Å². The topological polar surface area (TPSA) is 59.1 Å². The summed E-state index contributed by atoms with van der Waals surface area (Å²) in [4.78, 5) is 9.05. The molecule has 0 aliphatic heterocycles. The molecular formula is C20H22N4O. The van der Waals surface area contributed by atoms with E-state index in [0.29, 0.717) is 5.95 Å². The summed E-state index contributed by atoms with van der Waals surface area (Å²) in [7, 11) is 1.65. The summed E-state index contributed by atoms with van der Waals surface area (Å²) in [6.45, 7) is 6.10. The lowest BCUT2D eigenvalue weighted by atomic mass is 10.1. The van der Waals surface area contributed by atoms with Crippen LogP contribution in [0.1, 0.15) is 16.8 Å². The van der Waals surface area contributed by atoms with Crippen molar-refractivity contribution in [1.29, 1.82) is 0 Å². The van der Waals surface area contributed by atoms with E-state index in [4.69, 9.17) is 4.74 Å². The second-order valence-electron chi connectivity index (χ2n) is 6.02. The van der Waals surface area contributed by atoms with Gasteiger partial charge in [0.25, 0.3) is 0 Å². The summed E-state index contributed by atoms with van der Waals surface area (Å²) in [5, 5.41) is 6.60. The van der Waals surface area contributed by atoms with Crippen LogP contribution in [0.4, 0.5) is 23.1 Å². The molecule has 0 amide bonds. The highest BCUT2D eigenvalue weighted by Gasteiger charge is 2.06. The van der Waals surface area contributed by atoms with Crippen LogP contribution in [0, 0.1) is 20.8 Å². The maximum atomic E-state index is 5.18. The summed E-state index contributed by atoms with van der Waals surface area (Å²) in [6.07, 6.45) is 0. The predicted molar refractivity (Wildman–Crippen MR) is 102 cm³/mol. The zero-order valence-corrected chi connectivity index (χ0v) is 14.9. The molecule has 2 N–H and O–H groups in total. The molecule has 3 rings (SSSR count). The van der Waals surface area contributed by atoms with Crippen molar-refractivity contribution >= 4 is 23.1 Å². The highest BCUT2D eigenvalue weighted by Crippen LogP contribution is 2.23. The van der Waals surface area contributed by atoms with Crippen LogP contribution in [-0.4, -0.2) is 17.1 Å². The van der Waals surface area contributed by atoms with E-state index in [9.17, 15) is 0 Å². The Balaban J connectivity index is 1.82. The Kier molecular flexibility index (Phi) is 4.84. The van der Waals surface area contributed by atoms with Crippen LogP contribution in [0.3, 0.4) is 0 Å². The van der Waals surface area contributed by atoms with Crippen molar-refractivity contribution in [3.8, 4) is 5.75 Å². The van der Waals surface area contributed by atoms with E-state index in [1.807, 2.05) is 43.3 Å². The number of nitrogens with one attached hydrogen (secondary N) is 2. The number of hydrogen-bond donors (Lipinski definition) is 2. The Labute approximate surface area is 148 Å². The quantitative estimate of drug-likeness (QED) is 0.695. The minimum absolute atomic E-state index is 0.572. The van der Waals surface area contributed by atoms with Gasteiger partial charge in [0.05, 0.1) is 7.11 Å². The van der Waals surface area contributed by atoms with Crippen molar-refractivity contribution in [1.82, 2.24) is 9.97 Å². The zero-order valence-electron chi connectivity index (χ0n) is 14.9. The van der Waals surface area contributed by atoms with Crippen molar-refractivity contribution in [2.24, 2.45) is 0 Å². The van der Waals surface area contributed by atoms with Crippen molar-refractivity contribution in [3.63, 3.8) is 0 Å². The molecule has 0 saturated carbocycles. The first kappa shape index (κ1) is 16.8. The van der Waals surface area contributed by atoms with Crippen LogP contribution in [0.25, 0.3) is 0 Å². The molecule has 0 spiro atoms. The van der Waals surface area contributed by atoms with Crippen LogP contribution in [-0.2, 0) is 0 Å². The smallest absolute Gasteiger partial charge is 0.229 e. The average molecular weight is 334 g/mol. The minimum Gasteiger partial charge on any atom is -0.497 e. The first-order valence-corrected chi connectivity index (χ1v) is 8.14. The van der Waals surface area contributed by atoms with Gasteiger partial charge >= 0.3 is 0 Å². The SMILES string of the molecule is COc1ccc(Nc2cc(C)nc(Nc3ccc(C)cc3C)n2)cc1. The van der Waals surface area contributed by atoms with E-state index in [2.05, 4.69) is 46.6 Å². The first-order chi connectivity index (χ1) is 12.0. The maximum absolute atomic E-state index is 5.18. The van der Waals surface area contributed by atoms with E-state index in [1.165, 1.54) is 5.56 Å². The van der Waals surface area contributed by atoms with Gasteiger partial charge in [-0.05, 0) is 56.7 Å². The van der Waals surface area contributed by atoms with Gasteiger partial charge in [-0.1, -0.05) is 17.7 Å². The van der Waals surface area contributed by atoms with Crippen LogP contribution in [0.5, 0.6) is 5.75 Å². The number of anilines is 4. The molecule has 128 valence electrons. The number of nitrogens with zero attached hydrogens (tertiary/aromatic N) is 2. The summed E-state index contributed by atoms with van der Waals surface area (Å²) in [5.41, 5.74) is 5.23. The van der Waals surface area contributed by atoms with Crippen LogP contribution in [0.2, 0.25) is 0 Å². The number of methoxy groups -OCH3 is 1. The number of rotatable bonds is 5. The molecule has 0 radical (unpaired) electrons. The molecule has 5 nitrogen and oxygen atoms in total. The number of aryl methyl sites for hydroxylation is 3. The minimum atomic E-state index is 0.572. The second-order valence-corrected chi connectivity index (χ2v) is 6.02. The normalized spacial score (nSPS) is 10.4. The molecule has 1 heterocycles. The molecule has 25 heavy (non-hydrogen) atoms. The molecule has 0 bridgehead atoms. The number of aromatic nitrogens is 2. The number of ether oxygens (including phenoxy) is 1. The zero-order chi connectivity index (χ0) is 17.8. The second kappa shape index (κ2) is 7.21. The first-order valence-electron chi connectivity index (χ1n) is 8.14. The Bertz CT molecular complexity index is 875. The molecular weight excluding hydrogens is 312 g/mol. The van der Waals surface area contributed by atoms with E-state index >= 15 is 0 Å². The van der Waals surface area contributed by atoms with Gasteiger partial charge in [-0.3, -0.25) is 0 Å². The fourth-order valence-corrected chi connectivity index (χ4v) is 2.59. The Hall–Kier alpha value is -3.08. The van der Waals surface area contributed by atoms with Crippen molar-refractivity contribution < 1.29 is 4.74 Å². The van der Waals surface area contributed by atoms with Gasteiger partial charge in [0.2, 0.25) is 5.95 Å². The Morgan fingerprint density at radius 3 is 2.28 bits per heavy atom. The van der Waals surface area contributed by atoms with Crippen molar-refractivity contribution in [2.45, 2.75) is 20.8 Å². The van der Waals surface area contributed by atoms with E-state index in [0.717, 1.165) is 34.2 Å². The molecule has 5 heteroatoms. The summed E-state index contributed by atoms with van der Waals surface area (Å²) in [5.74, 6) is 2.13. The van der Waals surface area contributed by atoms with Gasteiger partial charge in [0, 0.05) is 23.1 Å². The molecule has 1 aromatic heterocycles. The lowest BCUT2D eigenvalue weighted by molar-refractivity contribution is 0.415. The van der Waals surface area contributed by atoms with Crippen LogP contribution in [0.15, 0.2) is 48.5 Å². The van der Waals surface area contributed by atoms with Crippen molar-refractivity contribution in [2.75, 3.05) is 17.7 Å². The predicted octanol–water partition coefficient (Wildman–Crippen LogP) is 4.90. The lowest BCUT2D eigenvalue weighted by Crippen LogP contribution is -2.03. The van der Waals surface area contributed by atoms with Gasteiger partial charge < -0.3 is 15.4 Å². The summed E-state index contributed by atoms with van der Waals surface area (Å²) < 4.78 is 5.18. The highest BCUT2D eigenvalue weighted by molar-refractivity contribution is 5.62. The van der Waals surface area contributed by atoms with Gasteiger partial charge in [-0.2, -0.15) is 4.98 Å². The van der Waals surface area contributed by atoms with Crippen LogP contribution >= 0.6 is 0 Å². The maximum Gasteiger partial charge on any atom is 0.229 e. The fraction of sp³-hybridized carbons (Fsp3) is 0.200. The third kappa shape index (κ3) is 4.26. The van der Waals surface area contributed by atoms with Crippen molar-refractivity contribution in [3.05, 3.63) is 65.4 Å². The largest absolute Gasteiger partial charge is 0.497 e.